The number of rotatable bonds is 0. The monoisotopic (exact) mass is 387 g/mol. The first-order chi connectivity index (χ1) is 4.18. The van der Waals surface area contributed by atoms with Crippen LogP contribution in [0.5, 0.6) is 0 Å². The van der Waals surface area contributed by atoms with Crippen molar-refractivity contribution < 1.29 is 15.1 Å². The molecular weight excluding hydrogens is 385 g/mol. The van der Waals surface area contributed by atoms with E-state index >= 15 is 0 Å². The van der Waals surface area contributed by atoms with Gasteiger partial charge in [-0.2, -0.15) is 0 Å². The maximum Gasteiger partial charge on any atom is 2.00 e. The van der Waals surface area contributed by atoms with Gasteiger partial charge in [-0.3, -0.25) is 0 Å². The third-order valence-corrected chi connectivity index (χ3v) is 0.765. The summed E-state index contributed by atoms with van der Waals surface area (Å²) in [5.41, 5.74) is 0. The molecule has 0 bridgehead atoms. The van der Waals surface area contributed by atoms with Crippen molar-refractivity contribution in [3.8, 4) is 0 Å². The fraction of sp³-hybridized carbons (Fsp3) is 0. The minimum absolute atomic E-state index is 0. The minimum Gasteiger partial charge on any atom is -0.912 e. The Morgan fingerprint density at radius 2 is 0.750 bits per heavy atom. The van der Waals surface area contributed by atoms with Crippen LogP contribution in [-0.2, 0) is 0 Å². The zero-order valence-corrected chi connectivity index (χ0v) is 16.8. The first-order valence-electron chi connectivity index (χ1n) is 2.26. The molecule has 0 radical (unpaired) electrons. The van der Waals surface area contributed by atoms with Gasteiger partial charge in [-0.1, -0.05) is 0 Å². The Morgan fingerprint density at radius 3 is 0.917 bits per heavy atom. The molecule has 0 saturated carbocycles. The molecule has 0 aliphatic carbocycles. The van der Waals surface area contributed by atoms with Gasteiger partial charge in [-0.25, -0.2) is 0 Å². The van der Waals surface area contributed by atoms with E-state index in [1.54, 1.807) is 0 Å². The van der Waals surface area contributed by atoms with Crippen LogP contribution in [0, 0.1) is 0 Å². The van der Waals surface area contributed by atoms with Crippen LogP contribution in [0.2, 0.25) is 0 Å². The molecule has 1 aliphatic heterocycles. The maximum atomic E-state index is 10.2. The van der Waals surface area contributed by atoms with Gasteiger partial charge in [-0.15, -0.1) is 0 Å². The van der Waals surface area contributed by atoms with Crippen LogP contribution in [0.1, 0.15) is 0 Å². The quantitative estimate of drug-likeness (QED) is 0.389. The van der Waals surface area contributed by atoms with Gasteiger partial charge >= 0.3 is 136 Å². The van der Waals surface area contributed by atoms with E-state index in [1.165, 1.54) is 0 Å². The van der Waals surface area contributed by atoms with Gasteiger partial charge in [0.1, 0.15) is 0 Å². The van der Waals surface area contributed by atoms with Gasteiger partial charge in [0.25, 0.3) is 0 Å². The second-order valence-corrected chi connectivity index (χ2v) is 1.43. The standard InChI is InChI=1S/B3N3O3.3Sr/c7-1-4-2(8)6-3(9)5-1;;;/q-6;3*+2. The first-order valence-corrected chi connectivity index (χ1v) is 2.26. The van der Waals surface area contributed by atoms with E-state index < -0.39 is 21.6 Å². The molecule has 6 nitrogen and oxygen atoms in total. The van der Waals surface area contributed by atoms with Gasteiger partial charge in [0.15, 0.2) is 0 Å². The molecule has 0 N–H and O–H groups in total. The summed E-state index contributed by atoms with van der Waals surface area (Å²) in [4.78, 5) is 0. The summed E-state index contributed by atoms with van der Waals surface area (Å²) >= 11 is 0. The maximum absolute atomic E-state index is 10.2. The Morgan fingerprint density at radius 1 is 0.583 bits per heavy atom. The van der Waals surface area contributed by atoms with Crippen molar-refractivity contribution in [2.75, 3.05) is 0 Å². The van der Waals surface area contributed by atoms with Crippen molar-refractivity contribution in [3.63, 3.8) is 0 Å². The Kier molecular flexibility index (Phi) is 21.4. The van der Waals surface area contributed by atoms with E-state index in [-0.39, 0.29) is 136 Å². The van der Waals surface area contributed by atoms with E-state index in [0.717, 1.165) is 0 Å². The van der Waals surface area contributed by atoms with Gasteiger partial charge in [0.05, 0.1) is 0 Å². The van der Waals surface area contributed by atoms with Crippen molar-refractivity contribution in [1.82, 2.24) is 0 Å². The Bertz CT molecular complexity index is 85.0. The molecule has 0 aromatic heterocycles. The van der Waals surface area contributed by atoms with Crippen LogP contribution >= 0.6 is 0 Å². The number of nitrogens with zero attached hydrogens (tertiary/aromatic N) is 3. The third kappa shape index (κ3) is 9.61. The van der Waals surface area contributed by atoms with Crippen molar-refractivity contribution in [2.45, 2.75) is 0 Å². The summed E-state index contributed by atoms with van der Waals surface area (Å²) in [6.45, 7) is 0. The first kappa shape index (κ1) is 21.7. The van der Waals surface area contributed by atoms with E-state index in [1.807, 2.05) is 0 Å². The summed E-state index contributed by atoms with van der Waals surface area (Å²) in [5.74, 6) is 0. The summed E-state index contributed by atoms with van der Waals surface area (Å²) in [6, 6.07) is 0. The Balaban J connectivity index is -0.000000270. The van der Waals surface area contributed by atoms with Crippen LogP contribution in [0.4, 0.5) is 0 Å². The summed E-state index contributed by atoms with van der Waals surface area (Å²) in [7, 11) is -5.19. The fourth-order valence-electron chi connectivity index (χ4n) is 0.443. The van der Waals surface area contributed by atoms with E-state index in [0.29, 0.717) is 0 Å². The molecule has 1 heterocycles. The van der Waals surface area contributed by atoms with Gasteiger partial charge in [0.2, 0.25) is 0 Å². The number of hydrogen-bond donors (Lipinski definition) is 0. The molecule has 12 heteroatoms. The van der Waals surface area contributed by atoms with Gasteiger partial charge < -0.3 is 52.0 Å². The van der Waals surface area contributed by atoms with Crippen LogP contribution in [-0.4, -0.2) is 158 Å². The molecule has 1 aliphatic rings. The minimum atomic E-state index is -1.73. The zero-order chi connectivity index (χ0) is 6.85. The number of hydrogen-bond acceptors (Lipinski definition) is 3. The Hall–Kier alpha value is 4.40. The van der Waals surface area contributed by atoms with E-state index in [4.69, 9.17) is 0 Å². The van der Waals surface area contributed by atoms with Crippen molar-refractivity contribution in [3.05, 3.63) is 15.4 Å². The fourth-order valence-corrected chi connectivity index (χ4v) is 0.443. The predicted molar refractivity (Wildman–Crippen MR) is 44.6 cm³/mol. The zero-order valence-electron chi connectivity index (χ0n) is 6.42. The van der Waals surface area contributed by atoms with Gasteiger partial charge in [-0.05, 0) is 0 Å². The smallest absolute Gasteiger partial charge is 0.912 e. The van der Waals surface area contributed by atoms with Crippen molar-refractivity contribution in [2.24, 2.45) is 0 Å². The molecule has 12 heavy (non-hydrogen) atoms. The van der Waals surface area contributed by atoms with Crippen LogP contribution in [0.3, 0.4) is 0 Å². The average Bonchev–Trinajstić information content (AvgIpc) is 1.59. The van der Waals surface area contributed by atoms with E-state index in [9.17, 15) is 15.1 Å². The topological polar surface area (TPSA) is 111 Å². The largest absolute Gasteiger partial charge is 2.00 e. The molecule has 48 valence electrons. The molecule has 0 aromatic rings. The summed E-state index contributed by atoms with van der Waals surface area (Å²) < 4.78 is 0. The summed E-state index contributed by atoms with van der Waals surface area (Å²) in [6.07, 6.45) is 0. The molecule has 0 amide bonds. The molecule has 0 atom stereocenters. The predicted octanol–water partition coefficient (Wildman–Crippen LogP) is -4.99. The molecule has 0 aromatic carbocycles. The molecule has 0 unspecified atom stereocenters. The second-order valence-electron chi connectivity index (χ2n) is 1.43. The van der Waals surface area contributed by atoms with Crippen LogP contribution in [0.25, 0.3) is 15.4 Å². The van der Waals surface area contributed by atoms with Crippen LogP contribution < -0.4 is 15.1 Å². The van der Waals surface area contributed by atoms with Crippen molar-refractivity contribution >= 4 is 158 Å². The molecule has 1 rings (SSSR count). The second kappa shape index (κ2) is 11.9. The van der Waals surface area contributed by atoms with E-state index in [2.05, 4.69) is 15.4 Å². The molecule has 0 spiro atoms. The van der Waals surface area contributed by atoms with Crippen LogP contribution in [0.15, 0.2) is 0 Å². The Labute approximate surface area is 183 Å². The third-order valence-electron chi connectivity index (χ3n) is 0.765. The molecule has 1 saturated heterocycles. The van der Waals surface area contributed by atoms with Gasteiger partial charge in [0, 0.05) is 0 Å². The summed E-state index contributed by atoms with van der Waals surface area (Å²) in [5, 5.41) is 39.2. The molecule has 1 fully saturated rings. The normalized spacial score (nSPS) is 15.8. The SMILES string of the molecule is [O-]B1[N-]B([O-])[N-]B([O-])[N-]1.[Sr+2].[Sr+2].[Sr+2]. The molecular formula is B3N3O3Sr3. The average molecular weight is 385 g/mol. The van der Waals surface area contributed by atoms with Crippen molar-refractivity contribution in [1.29, 1.82) is 0 Å².